The molecule has 4 nitrogen and oxygen atoms in total. The number of nitrogens with zero attached hydrogens (tertiary/aromatic N) is 4. The standard InChI is InChI=1S/2C6H12N2S2.Pt/c2*1-3-4-5-7-8-6(9)10-2;/h2*5H,3-4H2,1-2H3,(H,8,9);. The number of thiol groups is 2. The van der Waals surface area contributed by atoms with Crippen LogP contribution in [0.3, 0.4) is 0 Å². The van der Waals surface area contributed by atoms with Gasteiger partial charge < -0.3 is 21.1 Å². The van der Waals surface area contributed by atoms with Gasteiger partial charge in [-0.15, -0.1) is 0 Å². The summed E-state index contributed by atoms with van der Waals surface area (Å²) in [5.74, 6) is 0. The van der Waals surface area contributed by atoms with Gasteiger partial charge in [-0.1, -0.05) is 50.2 Å². The van der Waals surface area contributed by atoms with Crippen LogP contribution in [0.4, 0.5) is 0 Å². The van der Waals surface area contributed by atoms with E-state index in [0.29, 0.717) is 8.64 Å². The van der Waals surface area contributed by atoms with Crippen LogP contribution in [-0.2, 0) is 45.5 Å². The van der Waals surface area contributed by atoms with Gasteiger partial charge in [0.2, 0.25) is 0 Å². The number of unbranched alkanes of at least 4 members (excludes halogenated alkanes) is 2. The average molecular weight is 548 g/mol. The summed E-state index contributed by atoms with van der Waals surface area (Å²) in [7, 11) is 0. The smallest absolute Gasteiger partial charge is 0.174 e. The molecule has 0 aliphatic carbocycles. The molecule has 0 N–H and O–H groups in total. The summed E-state index contributed by atoms with van der Waals surface area (Å²) in [6, 6.07) is 0. The van der Waals surface area contributed by atoms with E-state index in [4.69, 9.17) is 0 Å². The average Bonchev–Trinajstić information content (AvgIpc) is 2.48. The molecule has 0 fully saturated rings. The van der Waals surface area contributed by atoms with Crippen molar-refractivity contribution in [2.45, 2.75) is 39.5 Å². The van der Waals surface area contributed by atoms with Crippen LogP contribution in [0.5, 0.6) is 0 Å². The second-order valence-corrected chi connectivity index (χ2v) is 6.39. The first kappa shape index (κ1) is 26.4. The van der Waals surface area contributed by atoms with E-state index < -0.39 is 0 Å². The Morgan fingerprint density at radius 1 is 0.905 bits per heavy atom. The van der Waals surface area contributed by atoms with Crippen LogP contribution in [0.1, 0.15) is 39.5 Å². The summed E-state index contributed by atoms with van der Waals surface area (Å²) in [6.45, 7) is 4.21. The van der Waals surface area contributed by atoms with Gasteiger partial charge in [-0.2, -0.15) is 0 Å². The van der Waals surface area contributed by atoms with Gasteiger partial charge in [-0.3, -0.25) is 0 Å². The van der Waals surface area contributed by atoms with E-state index in [2.05, 4.69) is 59.3 Å². The van der Waals surface area contributed by atoms with Crippen LogP contribution in [0.2, 0.25) is 0 Å². The van der Waals surface area contributed by atoms with E-state index >= 15 is 0 Å². The van der Waals surface area contributed by atoms with Crippen LogP contribution < -0.4 is 0 Å². The van der Waals surface area contributed by atoms with Gasteiger partial charge in [0.05, 0.1) is 0 Å². The maximum atomic E-state index is 4.03. The second kappa shape index (κ2) is 22.8. The molecular weight excluding hydrogens is 524 g/mol. The Hall–Kier alpha value is 0.508. The van der Waals surface area contributed by atoms with Crippen molar-refractivity contribution < 1.29 is 21.1 Å². The molecule has 0 radical (unpaired) electrons. The summed E-state index contributed by atoms with van der Waals surface area (Å²) in [4.78, 5) is 0. The third-order valence-corrected chi connectivity index (χ3v) is 3.82. The third-order valence-electron chi connectivity index (χ3n) is 1.65. The second-order valence-electron chi connectivity index (χ2n) is 3.35. The molecule has 0 unspecified atom stereocenters. The summed E-state index contributed by atoms with van der Waals surface area (Å²) < 4.78 is 1.40. The topological polar surface area (TPSA) is 52.9 Å². The van der Waals surface area contributed by atoms with Gasteiger partial charge in [-0.25, -0.2) is 0 Å². The van der Waals surface area contributed by atoms with Gasteiger partial charge in [0, 0.05) is 21.1 Å². The molecule has 0 spiro atoms. The molecule has 0 aliphatic heterocycles. The normalized spacial score (nSPS) is 9.71. The molecule has 0 aromatic carbocycles. The van der Waals surface area contributed by atoms with Crippen LogP contribution >= 0.6 is 23.5 Å². The van der Waals surface area contributed by atoms with Crippen molar-refractivity contribution in [3.63, 3.8) is 0 Å². The Labute approximate surface area is 162 Å². The minimum Gasteiger partial charge on any atom is -0.520 e. The van der Waals surface area contributed by atoms with E-state index in [0.717, 1.165) is 25.7 Å². The van der Waals surface area contributed by atoms with Crippen molar-refractivity contribution in [2.75, 3.05) is 12.5 Å². The molecule has 126 valence electrons. The predicted octanol–water partition coefficient (Wildman–Crippen LogP) is 3.75. The Kier molecular flexibility index (Phi) is 28.7. The fraction of sp³-hybridized carbons (Fsp3) is 0.667. The number of rotatable bonds is 6. The summed E-state index contributed by atoms with van der Waals surface area (Å²) in [6.07, 6.45) is 11.6. The first-order valence-corrected chi connectivity index (χ1v) is 9.61. The molecule has 0 saturated carbocycles. The molecular formula is C12H24N4PtS4. The van der Waals surface area contributed by atoms with Gasteiger partial charge in [0.1, 0.15) is 0 Å². The minimum absolute atomic E-state index is 0. The van der Waals surface area contributed by atoms with Gasteiger partial charge >= 0.3 is 0 Å². The predicted molar refractivity (Wildman–Crippen MR) is 108 cm³/mol. The summed E-state index contributed by atoms with van der Waals surface area (Å²) >= 11 is 11.0. The zero-order valence-electron chi connectivity index (χ0n) is 12.8. The summed E-state index contributed by atoms with van der Waals surface area (Å²) in [5, 5.41) is 7.60. The van der Waals surface area contributed by atoms with Crippen molar-refractivity contribution >= 4 is 69.0 Å². The zero-order valence-corrected chi connectivity index (χ0v) is 18.5. The monoisotopic (exact) mass is 547 g/mol. The number of hydrogen-bond donors (Lipinski definition) is 0. The maximum Gasteiger partial charge on any atom is 0.174 e. The van der Waals surface area contributed by atoms with Gasteiger partial charge in [-0.05, 0) is 37.8 Å². The first-order valence-electron chi connectivity index (χ1n) is 6.27. The molecule has 0 aliphatic rings. The molecule has 0 bridgehead atoms. The molecule has 0 aromatic heterocycles. The van der Waals surface area contributed by atoms with Crippen LogP contribution in [0.25, 0.3) is 10.9 Å². The van der Waals surface area contributed by atoms with Gasteiger partial charge in [0.15, 0.2) is 33.1 Å². The zero-order chi connectivity index (χ0) is 15.6. The molecule has 21 heavy (non-hydrogen) atoms. The minimum atomic E-state index is 0. The maximum absolute atomic E-state index is 4.03. The molecule has 0 saturated heterocycles. The van der Waals surface area contributed by atoms with E-state index in [9.17, 15) is 0 Å². The molecule has 9 heteroatoms. The Morgan fingerprint density at radius 2 is 1.24 bits per heavy atom. The Balaban J connectivity index is -0.000000295. The number of hydrogen-bond acceptors (Lipinski definition) is 4. The number of thioether (sulfide) groups is 2. The molecule has 0 rings (SSSR count). The summed E-state index contributed by atoms with van der Waals surface area (Å²) in [5.41, 5.74) is 7.59. The van der Waals surface area contributed by atoms with Crippen molar-refractivity contribution in [3.8, 4) is 0 Å². The quantitative estimate of drug-likeness (QED) is 0.167. The van der Waals surface area contributed by atoms with Crippen molar-refractivity contribution in [2.24, 2.45) is 10.2 Å². The van der Waals surface area contributed by atoms with Gasteiger partial charge in [0.25, 0.3) is 0 Å². The van der Waals surface area contributed by atoms with E-state index in [-0.39, 0.29) is 21.1 Å². The fourth-order valence-electron chi connectivity index (χ4n) is 0.636. The van der Waals surface area contributed by atoms with E-state index in [1.165, 1.54) is 23.5 Å². The van der Waals surface area contributed by atoms with Crippen LogP contribution in [0, 0.1) is 0 Å². The van der Waals surface area contributed by atoms with Crippen LogP contribution in [0.15, 0.2) is 10.2 Å². The Morgan fingerprint density at radius 3 is 1.48 bits per heavy atom. The van der Waals surface area contributed by atoms with Crippen molar-refractivity contribution in [1.29, 1.82) is 0 Å². The van der Waals surface area contributed by atoms with Crippen LogP contribution in [-0.4, -0.2) is 33.6 Å². The molecule has 0 amide bonds. The SMILES string of the molecule is CCCC=N[N-]C(=[SH+])SC.CCCC=N[N-]C(=[SH+])SC.[Pt]. The molecule has 0 atom stereocenters. The molecule has 0 aromatic rings. The fourth-order valence-corrected chi connectivity index (χ4v) is 0.997. The first-order chi connectivity index (χ1) is 9.62. The van der Waals surface area contributed by atoms with Crippen molar-refractivity contribution in [3.05, 3.63) is 10.9 Å². The van der Waals surface area contributed by atoms with E-state index in [1.54, 1.807) is 12.4 Å². The third kappa shape index (κ3) is 25.8. The Bertz CT molecular complexity index is 282. The van der Waals surface area contributed by atoms with Crippen molar-refractivity contribution in [1.82, 2.24) is 0 Å². The molecule has 0 heterocycles. The van der Waals surface area contributed by atoms with E-state index in [1.807, 2.05) is 12.5 Å². The largest absolute Gasteiger partial charge is 0.520 e.